The first-order valence-electron chi connectivity index (χ1n) is 7.87. The molecule has 5 heteroatoms. The van der Waals surface area contributed by atoms with Gasteiger partial charge in [-0.15, -0.1) is 0 Å². The van der Waals surface area contributed by atoms with Gasteiger partial charge in [-0.3, -0.25) is 4.79 Å². The molecule has 1 saturated carbocycles. The van der Waals surface area contributed by atoms with E-state index in [2.05, 4.69) is 5.32 Å². The van der Waals surface area contributed by atoms with E-state index in [-0.39, 0.29) is 11.9 Å². The van der Waals surface area contributed by atoms with Crippen LogP contribution < -0.4 is 20.5 Å². The molecule has 0 saturated heterocycles. The zero-order valence-corrected chi connectivity index (χ0v) is 13.4. The summed E-state index contributed by atoms with van der Waals surface area (Å²) >= 11 is 0. The van der Waals surface area contributed by atoms with E-state index >= 15 is 0 Å². The van der Waals surface area contributed by atoms with Crippen LogP contribution in [0, 0.1) is 5.92 Å². The minimum atomic E-state index is 0.0872. The van der Waals surface area contributed by atoms with Crippen molar-refractivity contribution in [1.29, 1.82) is 0 Å². The van der Waals surface area contributed by atoms with Crippen molar-refractivity contribution in [2.24, 2.45) is 11.7 Å². The molecule has 1 aromatic rings. The third-order valence-electron chi connectivity index (χ3n) is 4.37. The fraction of sp³-hybridized carbons (Fsp3) is 0.588. The van der Waals surface area contributed by atoms with Gasteiger partial charge in [0.2, 0.25) is 5.91 Å². The second-order valence-electron chi connectivity index (χ2n) is 5.84. The molecular formula is C17H26N2O3. The number of hydrogen-bond donors (Lipinski definition) is 2. The summed E-state index contributed by atoms with van der Waals surface area (Å²) in [6.07, 6.45) is 4.50. The Morgan fingerprint density at radius 3 is 2.77 bits per heavy atom. The Kier molecular flexibility index (Phi) is 6.07. The van der Waals surface area contributed by atoms with Crippen LogP contribution in [0.2, 0.25) is 0 Å². The van der Waals surface area contributed by atoms with E-state index in [4.69, 9.17) is 15.2 Å². The van der Waals surface area contributed by atoms with E-state index < -0.39 is 0 Å². The number of amides is 1. The molecule has 1 aromatic carbocycles. The van der Waals surface area contributed by atoms with Crippen molar-refractivity contribution in [3.8, 4) is 11.5 Å². The largest absolute Gasteiger partial charge is 0.497 e. The summed E-state index contributed by atoms with van der Waals surface area (Å²) in [5.41, 5.74) is 7.03. The first-order chi connectivity index (χ1) is 10.6. The lowest BCUT2D eigenvalue weighted by Gasteiger charge is -2.15. The highest BCUT2D eigenvalue weighted by Crippen LogP contribution is 2.27. The number of carbonyl (C=O) groups excluding carboxylic acids is 1. The molecule has 122 valence electrons. The van der Waals surface area contributed by atoms with Gasteiger partial charge in [-0.1, -0.05) is 6.42 Å². The first-order valence-corrected chi connectivity index (χ1v) is 7.87. The average Bonchev–Trinajstić information content (AvgIpc) is 2.92. The monoisotopic (exact) mass is 306 g/mol. The maximum atomic E-state index is 12.0. The van der Waals surface area contributed by atoms with Crippen LogP contribution in [0.3, 0.4) is 0 Å². The van der Waals surface area contributed by atoms with E-state index in [0.29, 0.717) is 25.3 Å². The van der Waals surface area contributed by atoms with Crippen molar-refractivity contribution in [2.45, 2.75) is 38.1 Å². The lowest BCUT2D eigenvalue weighted by atomic mass is 10.00. The summed E-state index contributed by atoms with van der Waals surface area (Å²) in [5, 5.41) is 2.98. The maximum Gasteiger partial charge on any atom is 0.220 e. The molecule has 1 aliphatic rings. The van der Waals surface area contributed by atoms with E-state index in [1.54, 1.807) is 14.2 Å². The Hall–Kier alpha value is -1.75. The topological polar surface area (TPSA) is 73.6 Å². The van der Waals surface area contributed by atoms with Crippen LogP contribution >= 0.6 is 0 Å². The Morgan fingerprint density at radius 1 is 1.32 bits per heavy atom. The Balaban J connectivity index is 1.81. The van der Waals surface area contributed by atoms with Crippen LogP contribution in [0.1, 0.15) is 31.2 Å². The van der Waals surface area contributed by atoms with E-state index in [0.717, 1.165) is 36.3 Å². The summed E-state index contributed by atoms with van der Waals surface area (Å²) in [6, 6.07) is 5.87. The van der Waals surface area contributed by atoms with Crippen LogP contribution in [0.5, 0.6) is 11.5 Å². The van der Waals surface area contributed by atoms with Gasteiger partial charge in [-0.25, -0.2) is 0 Å². The number of hydrogen-bond acceptors (Lipinski definition) is 4. The SMILES string of the molecule is COc1ccc(OC)c(CCNC(=O)C[C@@H]2CCC[C@H]2N)c1. The van der Waals surface area contributed by atoms with Crippen molar-refractivity contribution >= 4 is 5.91 Å². The third kappa shape index (κ3) is 4.37. The van der Waals surface area contributed by atoms with Crippen molar-refractivity contribution in [3.05, 3.63) is 23.8 Å². The summed E-state index contributed by atoms with van der Waals surface area (Å²) < 4.78 is 10.6. The van der Waals surface area contributed by atoms with Gasteiger partial charge < -0.3 is 20.5 Å². The van der Waals surface area contributed by atoms with Gasteiger partial charge in [0.15, 0.2) is 0 Å². The highest BCUT2D eigenvalue weighted by Gasteiger charge is 2.25. The smallest absolute Gasteiger partial charge is 0.220 e. The molecular weight excluding hydrogens is 280 g/mol. The first kappa shape index (κ1) is 16.6. The molecule has 0 radical (unpaired) electrons. The van der Waals surface area contributed by atoms with E-state index in [1.807, 2.05) is 18.2 Å². The molecule has 5 nitrogen and oxygen atoms in total. The van der Waals surface area contributed by atoms with Crippen molar-refractivity contribution in [1.82, 2.24) is 5.32 Å². The molecule has 0 bridgehead atoms. The molecule has 0 heterocycles. The molecule has 2 rings (SSSR count). The van der Waals surface area contributed by atoms with Crippen LogP contribution in [-0.4, -0.2) is 32.7 Å². The van der Waals surface area contributed by atoms with Gasteiger partial charge in [-0.2, -0.15) is 0 Å². The zero-order chi connectivity index (χ0) is 15.9. The van der Waals surface area contributed by atoms with Gasteiger partial charge in [0.1, 0.15) is 11.5 Å². The number of nitrogens with two attached hydrogens (primary N) is 1. The molecule has 0 spiro atoms. The molecule has 2 atom stereocenters. The molecule has 0 aromatic heterocycles. The van der Waals surface area contributed by atoms with Crippen LogP contribution in [-0.2, 0) is 11.2 Å². The molecule has 3 N–H and O–H groups in total. The van der Waals surface area contributed by atoms with E-state index in [1.165, 1.54) is 0 Å². The fourth-order valence-corrected chi connectivity index (χ4v) is 3.04. The normalized spacial score (nSPS) is 20.7. The third-order valence-corrected chi connectivity index (χ3v) is 4.37. The number of carbonyl (C=O) groups is 1. The lowest BCUT2D eigenvalue weighted by molar-refractivity contribution is -0.122. The highest BCUT2D eigenvalue weighted by atomic mass is 16.5. The predicted octanol–water partition coefficient (Wildman–Crippen LogP) is 1.88. The number of nitrogens with one attached hydrogen (secondary N) is 1. The van der Waals surface area contributed by atoms with Gasteiger partial charge in [0, 0.05) is 19.0 Å². The lowest BCUT2D eigenvalue weighted by Crippen LogP contribution is -2.32. The Bertz CT molecular complexity index is 505. The van der Waals surface area contributed by atoms with Gasteiger partial charge in [0.05, 0.1) is 14.2 Å². The number of benzene rings is 1. The fourth-order valence-electron chi connectivity index (χ4n) is 3.04. The maximum absolute atomic E-state index is 12.0. The van der Waals surface area contributed by atoms with Crippen molar-refractivity contribution < 1.29 is 14.3 Å². The number of rotatable bonds is 7. The quantitative estimate of drug-likeness (QED) is 0.806. The second-order valence-corrected chi connectivity index (χ2v) is 5.84. The summed E-state index contributed by atoms with van der Waals surface area (Å²) in [5.74, 6) is 2.03. The molecule has 1 fully saturated rings. The molecule has 0 unspecified atom stereocenters. The van der Waals surface area contributed by atoms with Crippen molar-refractivity contribution in [3.63, 3.8) is 0 Å². The standard InChI is InChI=1S/C17H26N2O3/c1-21-14-6-7-16(22-2)13(10-14)8-9-19-17(20)11-12-4-3-5-15(12)18/h6-7,10,12,15H,3-5,8-9,11,18H2,1-2H3,(H,19,20)/t12-,15+/m0/s1. The Morgan fingerprint density at radius 2 is 2.14 bits per heavy atom. The highest BCUT2D eigenvalue weighted by molar-refractivity contribution is 5.76. The average molecular weight is 306 g/mol. The molecule has 1 amide bonds. The molecule has 0 aliphatic heterocycles. The van der Waals surface area contributed by atoms with Crippen LogP contribution in [0.25, 0.3) is 0 Å². The number of ether oxygens (including phenoxy) is 2. The molecule has 1 aliphatic carbocycles. The number of methoxy groups -OCH3 is 2. The second kappa shape index (κ2) is 8.03. The summed E-state index contributed by atoms with van der Waals surface area (Å²) in [7, 11) is 3.28. The molecule has 22 heavy (non-hydrogen) atoms. The summed E-state index contributed by atoms with van der Waals surface area (Å²) in [6.45, 7) is 0.588. The predicted molar refractivity (Wildman–Crippen MR) is 86.2 cm³/mol. The minimum Gasteiger partial charge on any atom is -0.497 e. The van der Waals surface area contributed by atoms with Gasteiger partial charge >= 0.3 is 0 Å². The summed E-state index contributed by atoms with van der Waals surface area (Å²) in [4.78, 5) is 12.0. The van der Waals surface area contributed by atoms with Gasteiger partial charge in [-0.05, 0) is 48.9 Å². The van der Waals surface area contributed by atoms with Gasteiger partial charge in [0.25, 0.3) is 0 Å². The van der Waals surface area contributed by atoms with Crippen LogP contribution in [0.15, 0.2) is 18.2 Å². The zero-order valence-electron chi connectivity index (χ0n) is 13.4. The van der Waals surface area contributed by atoms with Crippen molar-refractivity contribution in [2.75, 3.05) is 20.8 Å². The van der Waals surface area contributed by atoms with E-state index in [9.17, 15) is 4.79 Å². The minimum absolute atomic E-state index is 0.0872. The van der Waals surface area contributed by atoms with Crippen LogP contribution in [0.4, 0.5) is 0 Å². The Labute approximate surface area is 132 Å².